The van der Waals surface area contributed by atoms with Crippen molar-refractivity contribution in [2.45, 2.75) is 31.6 Å². The van der Waals surface area contributed by atoms with Crippen molar-refractivity contribution in [1.82, 2.24) is 0 Å². The molecule has 0 bridgehead atoms. The summed E-state index contributed by atoms with van der Waals surface area (Å²) in [5.41, 5.74) is -9.89. The van der Waals surface area contributed by atoms with Crippen LogP contribution in [-0.4, -0.2) is 30.3 Å². The van der Waals surface area contributed by atoms with E-state index in [0.29, 0.717) is 0 Å². The van der Waals surface area contributed by atoms with Crippen LogP contribution >= 0.6 is 0 Å². The number of alkyl halides is 7. The molecular formula is C20H14F7N3O4. The zero-order chi connectivity index (χ0) is 26.1. The molecule has 2 aromatic rings. The molecule has 2 aromatic carbocycles. The average molecular weight is 493 g/mol. The minimum Gasteiger partial charge on any atom is -0.380 e. The topological polar surface area (TPSA) is 105 Å². The monoisotopic (exact) mass is 493 g/mol. The van der Waals surface area contributed by atoms with E-state index in [2.05, 4.69) is 5.32 Å². The van der Waals surface area contributed by atoms with Crippen LogP contribution in [0.2, 0.25) is 0 Å². The number of nitro benzene ring substituents is 1. The minimum absolute atomic E-state index is 0.272. The average Bonchev–Trinajstić information content (AvgIpc) is 2.73. The molecule has 0 aromatic heterocycles. The van der Waals surface area contributed by atoms with E-state index in [1.165, 1.54) is 0 Å². The summed E-state index contributed by atoms with van der Waals surface area (Å²) in [6.45, 7) is 0.427. The number of methoxy groups -OCH3 is 1. The van der Waals surface area contributed by atoms with Gasteiger partial charge < -0.3 is 10.1 Å². The van der Waals surface area contributed by atoms with Crippen LogP contribution in [-0.2, 0) is 17.0 Å². The molecule has 0 spiro atoms. The Bertz CT molecular complexity index is 1160. The summed E-state index contributed by atoms with van der Waals surface area (Å²) >= 11 is 0. The third-order valence-corrected chi connectivity index (χ3v) is 4.71. The Labute approximate surface area is 186 Å². The van der Waals surface area contributed by atoms with Gasteiger partial charge in [0.1, 0.15) is 11.6 Å². The molecule has 2 rings (SSSR count). The molecule has 0 unspecified atom stereocenters. The Kier molecular flexibility index (Phi) is 7.22. The number of nitro groups is 1. The number of amides is 1. The molecule has 182 valence electrons. The fourth-order valence-electron chi connectivity index (χ4n) is 3.10. The molecule has 0 radical (unpaired) electrons. The Morgan fingerprint density at radius 1 is 1.12 bits per heavy atom. The van der Waals surface area contributed by atoms with Crippen LogP contribution in [0.5, 0.6) is 0 Å². The highest BCUT2D eigenvalue weighted by Crippen LogP contribution is 2.53. The second-order valence-corrected chi connectivity index (χ2v) is 6.97. The summed E-state index contributed by atoms with van der Waals surface area (Å²) in [6.07, 6.45) is -12.7. The summed E-state index contributed by atoms with van der Waals surface area (Å²) < 4.78 is 98.2. The second kappa shape index (κ2) is 9.26. The lowest BCUT2D eigenvalue weighted by Gasteiger charge is -2.31. The first-order valence-electron chi connectivity index (χ1n) is 9.03. The van der Waals surface area contributed by atoms with Crippen molar-refractivity contribution in [1.29, 1.82) is 5.26 Å². The number of hydrogen-bond donors (Lipinski definition) is 1. The van der Waals surface area contributed by atoms with E-state index in [1.807, 2.05) is 0 Å². The smallest absolute Gasteiger partial charge is 0.380 e. The minimum atomic E-state index is -6.34. The van der Waals surface area contributed by atoms with Gasteiger partial charge in [0.2, 0.25) is 0 Å². The van der Waals surface area contributed by atoms with Crippen molar-refractivity contribution in [3.8, 4) is 6.07 Å². The fourth-order valence-corrected chi connectivity index (χ4v) is 3.10. The van der Waals surface area contributed by atoms with Gasteiger partial charge >= 0.3 is 18.0 Å². The van der Waals surface area contributed by atoms with Gasteiger partial charge in [-0.05, 0) is 30.7 Å². The van der Waals surface area contributed by atoms with Gasteiger partial charge in [0.05, 0.1) is 11.5 Å². The maximum Gasteiger partial charge on any atom is 0.435 e. The maximum absolute atomic E-state index is 14.5. The number of aryl methyl sites for hydroxylation is 1. The molecule has 0 saturated heterocycles. The number of nitrogens with zero attached hydrogens (tertiary/aromatic N) is 2. The Hall–Kier alpha value is -3.73. The summed E-state index contributed by atoms with van der Waals surface area (Å²) in [4.78, 5) is 22.8. The molecule has 1 amide bonds. The summed E-state index contributed by atoms with van der Waals surface area (Å²) in [5.74, 6) is -1.03. The first-order chi connectivity index (χ1) is 15.6. The van der Waals surface area contributed by atoms with Crippen LogP contribution in [0.3, 0.4) is 0 Å². The number of hydrogen-bond acceptors (Lipinski definition) is 5. The molecule has 0 heterocycles. The van der Waals surface area contributed by atoms with Crippen molar-refractivity contribution in [2.75, 3.05) is 12.4 Å². The molecule has 0 aliphatic rings. The highest BCUT2D eigenvalue weighted by molar-refractivity contribution is 6.05. The van der Waals surface area contributed by atoms with Gasteiger partial charge in [0.15, 0.2) is 0 Å². The van der Waals surface area contributed by atoms with E-state index in [9.17, 15) is 45.6 Å². The molecule has 14 heteroatoms. The van der Waals surface area contributed by atoms with Gasteiger partial charge in [-0.1, -0.05) is 6.07 Å². The lowest BCUT2D eigenvalue weighted by atomic mass is 9.90. The number of halogens is 7. The maximum atomic E-state index is 14.5. The Morgan fingerprint density at radius 2 is 1.71 bits per heavy atom. The zero-order valence-electron chi connectivity index (χ0n) is 17.3. The van der Waals surface area contributed by atoms with Crippen molar-refractivity contribution < 1.29 is 45.2 Å². The van der Waals surface area contributed by atoms with Gasteiger partial charge in [-0.15, -0.1) is 0 Å². The summed E-state index contributed by atoms with van der Waals surface area (Å²) in [6, 6.07) is 4.94. The molecule has 1 N–H and O–H groups in total. The quantitative estimate of drug-likeness (QED) is 0.327. The zero-order valence-corrected chi connectivity index (χ0v) is 17.3. The molecule has 7 nitrogen and oxygen atoms in total. The van der Waals surface area contributed by atoms with Crippen molar-refractivity contribution >= 4 is 17.3 Å². The molecule has 0 fully saturated rings. The lowest BCUT2D eigenvalue weighted by Crippen LogP contribution is -2.50. The van der Waals surface area contributed by atoms with Gasteiger partial charge in [0.25, 0.3) is 11.6 Å². The van der Waals surface area contributed by atoms with Gasteiger partial charge in [0, 0.05) is 35.6 Å². The van der Waals surface area contributed by atoms with Crippen molar-refractivity contribution in [2.24, 2.45) is 0 Å². The highest BCUT2D eigenvalue weighted by Gasteiger charge is 2.73. The highest BCUT2D eigenvalue weighted by atomic mass is 19.4. The van der Waals surface area contributed by atoms with E-state index in [-0.39, 0.29) is 34.5 Å². The number of nitrogens with one attached hydrogen (secondary N) is 1. The number of carbonyl (C=O) groups excluding carboxylic acids is 1. The number of benzene rings is 2. The third kappa shape index (κ3) is 4.79. The van der Waals surface area contributed by atoms with E-state index in [0.717, 1.165) is 32.2 Å². The van der Waals surface area contributed by atoms with Crippen LogP contribution in [0.4, 0.5) is 42.1 Å². The van der Waals surface area contributed by atoms with Crippen LogP contribution in [0.25, 0.3) is 0 Å². The van der Waals surface area contributed by atoms with Crippen molar-refractivity contribution in [3.63, 3.8) is 0 Å². The normalized spacial score (nSPS) is 12.2. The lowest BCUT2D eigenvalue weighted by molar-refractivity contribution is -0.385. The van der Waals surface area contributed by atoms with Crippen LogP contribution in [0, 0.1) is 28.4 Å². The van der Waals surface area contributed by atoms with Gasteiger partial charge in [-0.3, -0.25) is 14.9 Å². The van der Waals surface area contributed by atoms with Gasteiger partial charge in [-0.25, -0.2) is 4.39 Å². The molecule has 0 saturated carbocycles. The van der Waals surface area contributed by atoms with Crippen LogP contribution in [0.1, 0.15) is 32.6 Å². The number of ether oxygens (including phenoxy) is 1. The predicted octanol–water partition coefficient (Wildman–Crippen LogP) is 5.46. The number of nitriles is 1. The molecule has 0 atom stereocenters. The van der Waals surface area contributed by atoms with Gasteiger partial charge in [-0.2, -0.15) is 31.6 Å². The van der Waals surface area contributed by atoms with Crippen molar-refractivity contribution in [3.05, 3.63) is 68.3 Å². The largest absolute Gasteiger partial charge is 0.435 e. The Morgan fingerprint density at radius 3 is 2.18 bits per heavy atom. The molecular weight excluding hydrogens is 479 g/mol. The number of anilines is 1. The van der Waals surface area contributed by atoms with E-state index in [4.69, 9.17) is 10.00 Å². The summed E-state index contributed by atoms with van der Waals surface area (Å²) in [5, 5.41) is 22.2. The molecule has 0 aliphatic carbocycles. The second-order valence-electron chi connectivity index (χ2n) is 6.97. The fraction of sp³-hybridized carbons (Fsp3) is 0.300. The first-order valence-corrected chi connectivity index (χ1v) is 9.03. The van der Waals surface area contributed by atoms with E-state index in [1.54, 1.807) is 6.07 Å². The van der Waals surface area contributed by atoms with E-state index < -0.39 is 52.3 Å². The number of rotatable bonds is 6. The van der Waals surface area contributed by atoms with Crippen LogP contribution < -0.4 is 5.32 Å². The Balaban J connectivity index is 2.60. The van der Waals surface area contributed by atoms with E-state index >= 15 is 0 Å². The van der Waals surface area contributed by atoms with Crippen LogP contribution in [0.15, 0.2) is 30.3 Å². The standard InChI is InChI=1S/C20H14F7N3O4/c1-10-5-14(18(21,19(22,23)24)20(25,26)27)6-13(9-34-2)16(10)29-17(31)11-3-4-12(8-28)15(7-11)30(32)33/h3-7H,9H2,1-2H3,(H,29,31). The number of carbonyl (C=O) groups is 1. The molecule has 34 heavy (non-hydrogen) atoms. The summed E-state index contributed by atoms with van der Waals surface area (Å²) in [7, 11) is 1.06. The molecule has 0 aliphatic heterocycles. The predicted molar refractivity (Wildman–Crippen MR) is 103 cm³/mol. The SMILES string of the molecule is COCc1cc(C(F)(C(F)(F)F)C(F)(F)F)cc(C)c1NC(=O)c1ccc(C#N)c([N+](=O)[O-])c1. The first kappa shape index (κ1) is 26.5. The third-order valence-electron chi connectivity index (χ3n) is 4.71.